The summed E-state index contributed by atoms with van der Waals surface area (Å²) < 4.78 is 2.13. The van der Waals surface area contributed by atoms with Crippen molar-refractivity contribution in [3.05, 3.63) is 42.2 Å². The van der Waals surface area contributed by atoms with Crippen LogP contribution in [0.3, 0.4) is 0 Å². The van der Waals surface area contributed by atoms with Crippen LogP contribution in [0.15, 0.2) is 30.9 Å². The lowest BCUT2D eigenvalue weighted by molar-refractivity contribution is 0.402. The van der Waals surface area contributed by atoms with Crippen molar-refractivity contribution in [1.29, 1.82) is 0 Å². The SMILES string of the molecule is Cc1ccc(-n2cncc2C2CCCCN2)cn1. The van der Waals surface area contributed by atoms with Gasteiger partial charge in [-0.1, -0.05) is 6.42 Å². The molecule has 0 radical (unpaired) electrons. The van der Waals surface area contributed by atoms with E-state index in [-0.39, 0.29) is 0 Å². The van der Waals surface area contributed by atoms with E-state index in [1.807, 2.05) is 31.7 Å². The minimum absolute atomic E-state index is 0.419. The van der Waals surface area contributed by atoms with Crippen LogP contribution in [0.4, 0.5) is 0 Å². The number of piperidine rings is 1. The van der Waals surface area contributed by atoms with Crippen molar-refractivity contribution in [2.45, 2.75) is 32.2 Å². The van der Waals surface area contributed by atoms with Gasteiger partial charge in [-0.3, -0.25) is 4.98 Å². The molecule has 0 spiro atoms. The summed E-state index contributed by atoms with van der Waals surface area (Å²) in [5, 5.41) is 3.56. The number of rotatable bonds is 2. The van der Waals surface area contributed by atoms with Crippen molar-refractivity contribution in [3.8, 4) is 5.69 Å². The van der Waals surface area contributed by atoms with Crippen LogP contribution in [0.1, 0.15) is 36.7 Å². The number of pyridine rings is 1. The van der Waals surface area contributed by atoms with Gasteiger partial charge in [0.1, 0.15) is 0 Å². The molecule has 1 aliphatic rings. The minimum atomic E-state index is 0.419. The summed E-state index contributed by atoms with van der Waals surface area (Å²) in [4.78, 5) is 8.64. The Labute approximate surface area is 107 Å². The van der Waals surface area contributed by atoms with E-state index in [2.05, 4.69) is 25.9 Å². The lowest BCUT2D eigenvalue weighted by Crippen LogP contribution is -2.28. The van der Waals surface area contributed by atoms with Gasteiger partial charge in [0, 0.05) is 11.7 Å². The van der Waals surface area contributed by atoms with Gasteiger partial charge in [0.2, 0.25) is 0 Å². The second kappa shape index (κ2) is 4.90. The first-order valence-electron chi connectivity index (χ1n) is 6.53. The summed E-state index contributed by atoms with van der Waals surface area (Å²) in [5.41, 5.74) is 3.36. The molecule has 1 atom stereocenters. The topological polar surface area (TPSA) is 42.7 Å². The zero-order valence-corrected chi connectivity index (χ0v) is 10.6. The molecule has 2 aromatic rings. The number of imidazole rings is 1. The quantitative estimate of drug-likeness (QED) is 0.879. The van der Waals surface area contributed by atoms with Crippen LogP contribution in [0.25, 0.3) is 5.69 Å². The van der Waals surface area contributed by atoms with Gasteiger partial charge in [0.05, 0.1) is 30.1 Å². The van der Waals surface area contributed by atoms with E-state index in [0.717, 1.165) is 17.9 Å². The average molecular weight is 242 g/mol. The summed E-state index contributed by atoms with van der Waals surface area (Å²) in [6, 6.07) is 4.55. The van der Waals surface area contributed by atoms with Gasteiger partial charge in [-0.2, -0.15) is 0 Å². The third kappa shape index (κ3) is 2.16. The number of nitrogens with zero attached hydrogens (tertiary/aromatic N) is 3. The number of aromatic nitrogens is 3. The van der Waals surface area contributed by atoms with Gasteiger partial charge >= 0.3 is 0 Å². The van der Waals surface area contributed by atoms with E-state index >= 15 is 0 Å². The Balaban J connectivity index is 1.93. The van der Waals surface area contributed by atoms with Gasteiger partial charge in [0.15, 0.2) is 0 Å². The van der Waals surface area contributed by atoms with Gasteiger partial charge in [-0.05, 0) is 38.4 Å². The van der Waals surface area contributed by atoms with Crippen molar-refractivity contribution >= 4 is 0 Å². The Hall–Kier alpha value is -1.68. The third-order valence-corrected chi connectivity index (χ3v) is 3.51. The van der Waals surface area contributed by atoms with E-state index in [0.29, 0.717) is 6.04 Å². The van der Waals surface area contributed by atoms with Crippen molar-refractivity contribution in [2.75, 3.05) is 6.54 Å². The Bertz CT molecular complexity index is 509. The zero-order valence-electron chi connectivity index (χ0n) is 10.6. The number of hydrogen-bond acceptors (Lipinski definition) is 3. The monoisotopic (exact) mass is 242 g/mol. The normalized spacial score (nSPS) is 19.9. The first-order valence-corrected chi connectivity index (χ1v) is 6.53. The van der Waals surface area contributed by atoms with Crippen LogP contribution >= 0.6 is 0 Å². The maximum Gasteiger partial charge on any atom is 0.0995 e. The van der Waals surface area contributed by atoms with E-state index in [1.165, 1.54) is 25.0 Å². The first-order chi connectivity index (χ1) is 8.84. The van der Waals surface area contributed by atoms with Gasteiger partial charge in [0.25, 0.3) is 0 Å². The van der Waals surface area contributed by atoms with Crippen molar-refractivity contribution in [2.24, 2.45) is 0 Å². The molecule has 4 nitrogen and oxygen atoms in total. The largest absolute Gasteiger partial charge is 0.309 e. The highest BCUT2D eigenvalue weighted by atomic mass is 15.1. The summed E-state index contributed by atoms with van der Waals surface area (Å²) in [6.07, 6.45) is 9.49. The van der Waals surface area contributed by atoms with Crippen LogP contribution in [0, 0.1) is 6.92 Å². The summed E-state index contributed by atoms with van der Waals surface area (Å²) >= 11 is 0. The van der Waals surface area contributed by atoms with Gasteiger partial charge in [-0.25, -0.2) is 4.98 Å². The number of aryl methyl sites for hydroxylation is 1. The second-order valence-corrected chi connectivity index (χ2v) is 4.85. The van der Waals surface area contributed by atoms with Crippen molar-refractivity contribution < 1.29 is 0 Å². The molecule has 4 heteroatoms. The minimum Gasteiger partial charge on any atom is -0.309 e. The Kier molecular flexibility index (Phi) is 3.11. The summed E-state index contributed by atoms with van der Waals surface area (Å²) in [7, 11) is 0. The fourth-order valence-corrected chi connectivity index (χ4v) is 2.49. The van der Waals surface area contributed by atoms with Gasteiger partial charge < -0.3 is 9.88 Å². The molecule has 1 aliphatic heterocycles. The fourth-order valence-electron chi connectivity index (χ4n) is 2.49. The molecule has 18 heavy (non-hydrogen) atoms. The first kappa shape index (κ1) is 11.4. The summed E-state index contributed by atoms with van der Waals surface area (Å²) in [5.74, 6) is 0. The molecule has 2 aromatic heterocycles. The number of nitrogens with one attached hydrogen (secondary N) is 1. The van der Waals surface area contributed by atoms with Crippen molar-refractivity contribution in [1.82, 2.24) is 19.9 Å². The highest BCUT2D eigenvalue weighted by Crippen LogP contribution is 2.24. The van der Waals surface area contributed by atoms with Crippen molar-refractivity contribution in [3.63, 3.8) is 0 Å². The molecular weight excluding hydrogens is 224 g/mol. The molecule has 0 saturated carbocycles. The zero-order chi connectivity index (χ0) is 12.4. The van der Waals surface area contributed by atoms with Gasteiger partial charge in [-0.15, -0.1) is 0 Å². The Morgan fingerprint density at radius 1 is 1.28 bits per heavy atom. The van der Waals surface area contributed by atoms with Crippen LogP contribution in [0.2, 0.25) is 0 Å². The molecule has 3 heterocycles. The van der Waals surface area contributed by atoms with E-state index < -0.39 is 0 Å². The third-order valence-electron chi connectivity index (χ3n) is 3.51. The van der Waals surface area contributed by atoms with Crippen LogP contribution in [-0.2, 0) is 0 Å². The van der Waals surface area contributed by atoms with Crippen LogP contribution in [-0.4, -0.2) is 21.1 Å². The average Bonchev–Trinajstić information content (AvgIpc) is 2.90. The highest BCUT2D eigenvalue weighted by Gasteiger charge is 2.18. The molecule has 0 aromatic carbocycles. The predicted molar refractivity (Wildman–Crippen MR) is 70.7 cm³/mol. The number of hydrogen-bond donors (Lipinski definition) is 1. The summed E-state index contributed by atoms with van der Waals surface area (Å²) in [6.45, 7) is 3.10. The standard InChI is InChI=1S/C14H18N4/c1-11-5-6-12(8-17-11)18-10-15-9-14(18)13-4-2-3-7-16-13/h5-6,8-10,13,16H,2-4,7H2,1H3. The molecular formula is C14H18N4. The fraction of sp³-hybridized carbons (Fsp3) is 0.429. The molecule has 1 fully saturated rings. The highest BCUT2D eigenvalue weighted by molar-refractivity contribution is 5.32. The lowest BCUT2D eigenvalue weighted by Gasteiger charge is -2.24. The smallest absolute Gasteiger partial charge is 0.0995 e. The Morgan fingerprint density at radius 3 is 2.94 bits per heavy atom. The van der Waals surface area contributed by atoms with E-state index in [1.54, 1.807) is 0 Å². The second-order valence-electron chi connectivity index (χ2n) is 4.85. The molecule has 3 rings (SSSR count). The lowest BCUT2D eigenvalue weighted by atomic mass is 10.0. The van der Waals surface area contributed by atoms with Crippen LogP contribution < -0.4 is 5.32 Å². The molecule has 0 amide bonds. The maximum atomic E-state index is 4.35. The molecule has 1 saturated heterocycles. The Morgan fingerprint density at radius 2 is 2.22 bits per heavy atom. The van der Waals surface area contributed by atoms with E-state index in [4.69, 9.17) is 0 Å². The maximum absolute atomic E-state index is 4.35. The molecule has 94 valence electrons. The molecule has 1 unspecified atom stereocenters. The predicted octanol–water partition coefficient (Wildman–Crippen LogP) is 2.39. The van der Waals surface area contributed by atoms with Crippen LogP contribution in [0.5, 0.6) is 0 Å². The molecule has 1 N–H and O–H groups in total. The molecule has 0 aliphatic carbocycles. The molecule has 0 bridgehead atoms. The van der Waals surface area contributed by atoms with E-state index in [9.17, 15) is 0 Å².